The molecule has 3 aromatic rings. The lowest BCUT2D eigenvalue weighted by Gasteiger charge is -2.35. The molecule has 1 aromatic carbocycles. The molecule has 7 rings (SSSR count). The summed E-state index contributed by atoms with van der Waals surface area (Å²) in [6.07, 6.45) is 0.00379. The monoisotopic (exact) mass is 510 g/mol. The van der Waals surface area contributed by atoms with Crippen LogP contribution in [0.15, 0.2) is 47.7 Å². The zero-order valence-corrected chi connectivity index (χ0v) is 20.2. The number of pyridine rings is 1. The van der Waals surface area contributed by atoms with E-state index < -0.39 is 17.0 Å². The van der Waals surface area contributed by atoms with Crippen LogP contribution < -0.4 is 10.3 Å². The summed E-state index contributed by atoms with van der Waals surface area (Å²) in [5, 5.41) is 0. The summed E-state index contributed by atoms with van der Waals surface area (Å²) in [4.78, 5) is 32.6. The van der Waals surface area contributed by atoms with Crippen molar-refractivity contribution in [2.24, 2.45) is 5.92 Å². The number of carbonyl (C=O) groups is 1. The fourth-order valence-electron chi connectivity index (χ4n) is 6.30. The molecule has 2 aromatic heterocycles. The second kappa shape index (κ2) is 7.26. The second-order valence-electron chi connectivity index (χ2n) is 10.9. The highest BCUT2D eigenvalue weighted by molar-refractivity contribution is 5.93. The average molecular weight is 511 g/mol. The van der Waals surface area contributed by atoms with Crippen LogP contribution in [0, 0.1) is 12.8 Å². The first-order valence-corrected chi connectivity index (χ1v) is 12.5. The van der Waals surface area contributed by atoms with Gasteiger partial charge in [-0.1, -0.05) is 12.1 Å². The molecule has 10 heteroatoms. The predicted octanol–water partition coefficient (Wildman–Crippen LogP) is 3.74. The first kappa shape index (κ1) is 22.6. The van der Waals surface area contributed by atoms with E-state index in [1.54, 1.807) is 52.3 Å². The Kier molecular flexibility index (Phi) is 4.44. The van der Waals surface area contributed by atoms with E-state index in [4.69, 9.17) is 4.74 Å². The lowest BCUT2D eigenvalue weighted by molar-refractivity contribution is -0.160. The standard InChI is InChI=1S/C27H25F3N4O3/c1-16-12-33(15-31-16)20-3-4-21-23(35)32(8-9-34(21)24(20)36)14-25-11-18(25)13-37-22-5-2-17(10-19(22)25)26(6-7-26)27(28,29)30/h2-5,10,12,15,18H,6-9,11,13-14H2,1H3/t18-,25+/m0/s1. The molecule has 2 atom stereocenters. The summed E-state index contributed by atoms with van der Waals surface area (Å²) in [6.45, 7) is 3.43. The maximum atomic E-state index is 13.8. The fraction of sp³-hybridized carbons (Fsp3) is 0.444. The van der Waals surface area contributed by atoms with Crippen molar-refractivity contribution < 1.29 is 22.7 Å². The van der Waals surface area contributed by atoms with E-state index in [1.807, 2.05) is 6.92 Å². The van der Waals surface area contributed by atoms with Crippen LogP contribution in [0.1, 0.15) is 46.6 Å². The quantitative estimate of drug-likeness (QED) is 0.536. The summed E-state index contributed by atoms with van der Waals surface area (Å²) in [5.74, 6) is 0.520. The number of carbonyl (C=O) groups excluding carboxylic acids is 1. The van der Waals surface area contributed by atoms with Gasteiger partial charge < -0.3 is 18.8 Å². The van der Waals surface area contributed by atoms with Crippen molar-refractivity contribution in [1.82, 2.24) is 19.0 Å². The maximum Gasteiger partial charge on any atom is 0.398 e. The number of aromatic nitrogens is 3. The van der Waals surface area contributed by atoms with Gasteiger partial charge in [0.2, 0.25) is 0 Å². The van der Waals surface area contributed by atoms with Crippen molar-refractivity contribution in [2.45, 2.75) is 49.7 Å². The Morgan fingerprint density at radius 1 is 1.14 bits per heavy atom. The van der Waals surface area contributed by atoms with Crippen LogP contribution in [0.2, 0.25) is 0 Å². The van der Waals surface area contributed by atoms with Gasteiger partial charge in [0.1, 0.15) is 17.1 Å². The molecular weight excluding hydrogens is 485 g/mol. The van der Waals surface area contributed by atoms with Crippen LogP contribution in [-0.2, 0) is 17.4 Å². The van der Waals surface area contributed by atoms with Gasteiger partial charge in [0, 0.05) is 42.7 Å². The average Bonchev–Trinajstić information content (AvgIpc) is 3.77. The summed E-state index contributed by atoms with van der Waals surface area (Å²) in [5.41, 5.74) is 0.154. The van der Waals surface area contributed by atoms with E-state index in [0.29, 0.717) is 48.9 Å². The van der Waals surface area contributed by atoms with E-state index >= 15 is 0 Å². The van der Waals surface area contributed by atoms with Crippen molar-refractivity contribution in [3.8, 4) is 11.4 Å². The summed E-state index contributed by atoms with van der Waals surface area (Å²) in [6, 6.07) is 8.19. The molecule has 4 aliphatic rings. The number of imidazole rings is 1. The van der Waals surface area contributed by atoms with Gasteiger partial charge in [-0.05, 0) is 49.9 Å². The Morgan fingerprint density at radius 3 is 2.65 bits per heavy atom. The highest BCUT2D eigenvalue weighted by Crippen LogP contribution is 2.63. The number of hydrogen-bond donors (Lipinski definition) is 0. The molecule has 0 spiro atoms. The van der Waals surface area contributed by atoms with Gasteiger partial charge in [0.15, 0.2) is 0 Å². The van der Waals surface area contributed by atoms with Crippen LogP contribution >= 0.6 is 0 Å². The number of amides is 1. The van der Waals surface area contributed by atoms with Crippen molar-refractivity contribution in [2.75, 3.05) is 19.7 Å². The molecule has 4 heterocycles. The van der Waals surface area contributed by atoms with E-state index in [9.17, 15) is 22.8 Å². The molecule has 0 saturated heterocycles. The molecule has 2 saturated carbocycles. The van der Waals surface area contributed by atoms with Gasteiger partial charge in [-0.15, -0.1) is 0 Å². The van der Waals surface area contributed by atoms with Gasteiger partial charge in [0.05, 0.1) is 24.0 Å². The number of hydrogen-bond acceptors (Lipinski definition) is 4. The van der Waals surface area contributed by atoms with E-state index in [0.717, 1.165) is 17.7 Å². The van der Waals surface area contributed by atoms with Gasteiger partial charge in [-0.25, -0.2) is 4.98 Å². The van der Waals surface area contributed by atoms with Gasteiger partial charge >= 0.3 is 6.18 Å². The Morgan fingerprint density at radius 2 is 1.95 bits per heavy atom. The van der Waals surface area contributed by atoms with Crippen LogP contribution in [0.5, 0.6) is 5.75 Å². The van der Waals surface area contributed by atoms with Gasteiger partial charge in [0.25, 0.3) is 11.5 Å². The molecule has 192 valence electrons. The maximum absolute atomic E-state index is 13.8. The highest BCUT2D eigenvalue weighted by Gasteiger charge is 2.65. The molecule has 2 aliphatic heterocycles. The van der Waals surface area contributed by atoms with Crippen molar-refractivity contribution in [3.63, 3.8) is 0 Å². The van der Waals surface area contributed by atoms with Crippen LogP contribution in [0.25, 0.3) is 5.69 Å². The Hall–Kier alpha value is -3.56. The highest BCUT2D eigenvalue weighted by atomic mass is 19.4. The number of fused-ring (bicyclic) bond motifs is 4. The van der Waals surface area contributed by atoms with E-state index in [-0.39, 0.29) is 30.2 Å². The zero-order valence-electron chi connectivity index (χ0n) is 20.2. The molecule has 2 fully saturated rings. The zero-order chi connectivity index (χ0) is 25.7. The summed E-state index contributed by atoms with van der Waals surface area (Å²) >= 11 is 0. The molecule has 37 heavy (non-hydrogen) atoms. The molecule has 0 unspecified atom stereocenters. The number of nitrogens with zero attached hydrogens (tertiary/aromatic N) is 4. The minimum Gasteiger partial charge on any atom is -0.493 e. The number of ether oxygens (including phenoxy) is 1. The number of rotatable bonds is 4. The topological polar surface area (TPSA) is 69.4 Å². The Labute approximate surface area is 210 Å². The third kappa shape index (κ3) is 3.17. The third-order valence-corrected chi connectivity index (χ3v) is 8.75. The third-order valence-electron chi connectivity index (χ3n) is 8.75. The second-order valence-corrected chi connectivity index (χ2v) is 10.9. The van der Waals surface area contributed by atoms with Crippen molar-refractivity contribution in [3.05, 3.63) is 75.7 Å². The van der Waals surface area contributed by atoms with E-state index in [1.165, 1.54) is 4.57 Å². The molecule has 0 radical (unpaired) electrons. The Balaban J connectivity index is 1.20. The fourth-order valence-corrected chi connectivity index (χ4v) is 6.30. The largest absolute Gasteiger partial charge is 0.493 e. The number of benzene rings is 1. The molecule has 0 bridgehead atoms. The lowest BCUT2D eigenvalue weighted by Crippen LogP contribution is -2.48. The first-order chi connectivity index (χ1) is 17.6. The normalized spacial score (nSPS) is 25.1. The number of alkyl halides is 3. The van der Waals surface area contributed by atoms with Crippen molar-refractivity contribution >= 4 is 5.91 Å². The van der Waals surface area contributed by atoms with Crippen LogP contribution in [0.3, 0.4) is 0 Å². The SMILES string of the molecule is Cc1cn(-c2ccc3n(c2=O)CCN(C[C@]24C[C@H]2COc2ccc(C5(C(F)(F)F)CC5)cc24)C3=O)cn1. The first-order valence-electron chi connectivity index (χ1n) is 12.5. The summed E-state index contributed by atoms with van der Waals surface area (Å²) < 4.78 is 50.5. The minimum atomic E-state index is -4.29. The number of halogens is 3. The Bertz CT molecular complexity index is 1520. The lowest BCUT2D eigenvalue weighted by atomic mass is 9.85. The number of aryl methyl sites for hydroxylation is 1. The minimum absolute atomic E-state index is 0.101. The smallest absolute Gasteiger partial charge is 0.398 e. The predicted molar refractivity (Wildman–Crippen MR) is 127 cm³/mol. The van der Waals surface area contributed by atoms with Gasteiger partial charge in [-0.2, -0.15) is 13.2 Å². The van der Waals surface area contributed by atoms with E-state index in [2.05, 4.69) is 4.98 Å². The molecule has 7 nitrogen and oxygen atoms in total. The summed E-state index contributed by atoms with van der Waals surface area (Å²) in [7, 11) is 0. The van der Waals surface area contributed by atoms with Crippen LogP contribution in [-0.4, -0.2) is 50.8 Å². The molecular formula is C27H25F3N4O3. The van der Waals surface area contributed by atoms with Gasteiger partial charge in [-0.3, -0.25) is 9.59 Å². The molecule has 2 aliphatic carbocycles. The van der Waals surface area contributed by atoms with Crippen molar-refractivity contribution in [1.29, 1.82) is 0 Å². The molecule has 1 amide bonds. The molecule has 0 N–H and O–H groups in total. The van der Waals surface area contributed by atoms with Crippen LogP contribution in [0.4, 0.5) is 13.2 Å².